The fourth-order valence-corrected chi connectivity index (χ4v) is 6.26. The molecule has 10 heteroatoms. The van der Waals surface area contributed by atoms with Gasteiger partial charge in [0.1, 0.15) is 19.8 Å². The molecule has 0 N–H and O–H groups in total. The number of esters is 2. The Morgan fingerprint density at radius 3 is 1.48 bits per heavy atom. The summed E-state index contributed by atoms with van der Waals surface area (Å²) in [7, 11) is 1.17. The maximum Gasteiger partial charge on any atom is 0.306 e. The first kappa shape index (κ1) is 48.8. The molecule has 0 saturated heterocycles. The molecule has 0 aliphatic heterocycles. The average molecular weight is 732 g/mol. The van der Waals surface area contributed by atoms with E-state index in [4.69, 9.17) is 18.5 Å². The van der Waals surface area contributed by atoms with Gasteiger partial charge in [-0.1, -0.05) is 142 Å². The minimum atomic E-state index is -4.61. The number of carbonyl (C=O) groups is 2. The molecule has 0 saturated carbocycles. The van der Waals surface area contributed by atoms with Crippen LogP contribution in [0.15, 0.2) is 12.2 Å². The van der Waals surface area contributed by atoms with Crippen LogP contribution in [-0.4, -0.2) is 70.0 Å². The van der Waals surface area contributed by atoms with Gasteiger partial charge in [-0.25, -0.2) is 0 Å². The maximum atomic E-state index is 12.6. The highest BCUT2D eigenvalue weighted by atomic mass is 31.2. The van der Waals surface area contributed by atoms with Crippen molar-refractivity contribution >= 4 is 19.8 Å². The summed E-state index contributed by atoms with van der Waals surface area (Å²) >= 11 is 0. The molecule has 0 amide bonds. The number of ether oxygens (including phenoxy) is 2. The van der Waals surface area contributed by atoms with Crippen molar-refractivity contribution in [3.05, 3.63) is 12.2 Å². The molecule has 0 fully saturated rings. The summed E-state index contributed by atoms with van der Waals surface area (Å²) in [4.78, 5) is 37.3. The number of allylic oxidation sites excluding steroid dienone is 2. The molecule has 0 aliphatic carbocycles. The third-order valence-electron chi connectivity index (χ3n) is 8.79. The van der Waals surface area contributed by atoms with Crippen LogP contribution < -0.4 is 4.89 Å². The zero-order valence-corrected chi connectivity index (χ0v) is 34.0. The summed E-state index contributed by atoms with van der Waals surface area (Å²) in [6.45, 7) is 4.20. The van der Waals surface area contributed by atoms with Gasteiger partial charge in [-0.3, -0.25) is 14.2 Å². The smallest absolute Gasteiger partial charge is 0.306 e. The summed E-state index contributed by atoms with van der Waals surface area (Å²) in [5, 5.41) is 0. The van der Waals surface area contributed by atoms with Crippen molar-refractivity contribution in [3.8, 4) is 0 Å². The quantitative estimate of drug-likeness (QED) is 0.0204. The predicted octanol–water partition coefficient (Wildman–Crippen LogP) is 10.4. The van der Waals surface area contributed by atoms with Gasteiger partial charge < -0.3 is 27.9 Å². The highest BCUT2D eigenvalue weighted by Crippen LogP contribution is 2.38. The second kappa shape index (κ2) is 33.6. The van der Waals surface area contributed by atoms with Crippen LogP contribution in [-0.2, 0) is 32.7 Å². The Bertz CT molecular complexity index is 876. The molecule has 9 nitrogen and oxygen atoms in total. The van der Waals surface area contributed by atoms with E-state index in [1.54, 1.807) is 0 Å². The van der Waals surface area contributed by atoms with E-state index in [1.807, 2.05) is 21.1 Å². The number of unbranched alkanes of at least 4 members (excludes halogenated alkanes) is 21. The van der Waals surface area contributed by atoms with Gasteiger partial charge >= 0.3 is 11.9 Å². The number of phosphoric acid groups is 1. The molecule has 50 heavy (non-hydrogen) atoms. The first-order valence-electron chi connectivity index (χ1n) is 20.4. The van der Waals surface area contributed by atoms with E-state index in [0.717, 1.165) is 51.4 Å². The molecule has 0 aliphatic rings. The molecule has 0 aromatic rings. The Hall–Kier alpha value is -1.25. The molecule has 0 spiro atoms. The van der Waals surface area contributed by atoms with E-state index >= 15 is 0 Å². The monoisotopic (exact) mass is 732 g/mol. The fourth-order valence-electron chi connectivity index (χ4n) is 5.53. The van der Waals surface area contributed by atoms with Gasteiger partial charge in [0.15, 0.2) is 6.10 Å². The normalized spacial score (nSPS) is 13.8. The molecule has 0 aromatic carbocycles. The summed E-state index contributed by atoms with van der Waals surface area (Å²) in [6, 6.07) is 0. The summed E-state index contributed by atoms with van der Waals surface area (Å²) < 4.78 is 33.8. The Morgan fingerprint density at radius 1 is 0.600 bits per heavy atom. The number of rotatable bonds is 37. The summed E-state index contributed by atoms with van der Waals surface area (Å²) in [5.41, 5.74) is 0. The number of likely N-dealkylation sites (N-methyl/N-ethyl adjacent to an activating group) is 1. The second-order valence-corrected chi connectivity index (χ2v) is 16.4. The molecule has 0 heterocycles. The van der Waals surface area contributed by atoms with E-state index in [1.165, 1.54) is 96.3 Å². The van der Waals surface area contributed by atoms with Gasteiger partial charge in [-0.2, -0.15) is 0 Å². The van der Waals surface area contributed by atoms with Gasteiger partial charge in [-0.05, 0) is 38.5 Å². The molecule has 0 aromatic heterocycles. The molecule has 0 rings (SSSR count). The Labute approximate surface area is 307 Å². The maximum absolute atomic E-state index is 12.6. The molecule has 2 atom stereocenters. The summed E-state index contributed by atoms with van der Waals surface area (Å²) in [5.74, 6) is -0.840. The lowest BCUT2D eigenvalue weighted by atomic mass is 10.1. The number of hydrogen-bond acceptors (Lipinski definition) is 8. The van der Waals surface area contributed by atoms with Crippen LogP contribution in [0.4, 0.5) is 0 Å². The van der Waals surface area contributed by atoms with Gasteiger partial charge in [-0.15, -0.1) is 0 Å². The van der Waals surface area contributed by atoms with Crippen LogP contribution in [0.5, 0.6) is 0 Å². The van der Waals surface area contributed by atoms with Crippen molar-refractivity contribution in [1.29, 1.82) is 0 Å². The Morgan fingerprint density at radius 2 is 1.02 bits per heavy atom. The first-order chi connectivity index (χ1) is 24.0. The minimum Gasteiger partial charge on any atom is -0.756 e. The lowest BCUT2D eigenvalue weighted by molar-refractivity contribution is -0.870. The largest absolute Gasteiger partial charge is 0.756 e. The third kappa shape index (κ3) is 36.5. The molecule has 296 valence electrons. The molecule has 2 unspecified atom stereocenters. The number of nitrogens with zero attached hydrogens (tertiary/aromatic N) is 1. The van der Waals surface area contributed by atoms with Crippen molar-refractivity contribution in [2.75, 3.05) is 47.5 Å². The SMILES string of the molecule is CCCCCCCC/C=C\CCCCCCCC(=O)OC(COC(=O)CCCCCCCCCCCCC)COP(=O)([O-])OCC[N+](C)(C)C. The molecular formula is C40H78NO8P. The van der Waals surface area contributed by atoms with Gasteiger partial charge in [0, 0.05) is 12.8 Å². The van der Waals surface area contributed by atoms with Crippen LogP contribution >= 0.6 is 7.82 Å². The topological polar surface area (TPSA) is 111 Å². The number of carbonyl (C=O) groups excluding carboxylic acids is 2. The van der Waals surface area contributed by atoms with Crippen molar-refractivity contribution < 1.29 is 42.1 Å². The van der Waals surface area contributed by atoms with Crippen molar-refractivity contribution in [1.82, 2.24) is 0 Å². The molecular weight excluding hydrogens is 653 g/mol. The van der Waals surface area contributed by atoms with Crippen LogP contribution in [0.2, 0.25) is 0 Å². The Kier molecular flexibility index (Phi) is 32.7. The second-order valence-electron chi connectivity index (χ2n) is 15.0. The third-order valence-corrected chi connectivity index (χ3v) is 9.75. The number of phosphoric ester groups is 1. The van der Waals surface area contributed by atoms with Crippen LogP contribution in [0.3, 0.4) is 0 Å². The van der Waals surface area contributed by atoms with Crippen molar-refractivity contribution in [2.24, 2.45) is 0 Å². The zero-order chi connectivity index (χ0) is 37.2. The lowest BCUT2D eigenvalue weighted by Gasteiger charge is -2.28. The highest BCUT2D eigenvalue weighted by Gasteiger charge is 2.21. The predicted molar refractivity (Wildman–Crippen MR) is 204 cm³/mol. The van der Waals surface area contributed by atoms with E-state index in [0.29, 0.717) is 17.4 Å². The number of quaternary nitrogens is 1. The molecule has 0 radical (unpaired) electrons. The highest BCUT2D eigenvalue weighted by molar-refractivity contribution is 7.45. The van der Waals surface area contributed by atoms with E-state index in [-0.39, 0.29) is 32.0 Å². The van der Waals surface area contributed by atoms with Gasteiger partial charge in [0.25, 0.3) is 7.82 Å². The van der Waals surface area contributed by atoms with Gasteiger partial charge in [0.05, 0.1) is 27.7 Å². The molecule has 0 bridgehead atoms. The van der Waals surface area contributed by atoms with E-state index in [2.05, 4.69) is 26.0 Å². The van der Waals surface area contributed by atoms with Crippen LogP contribution in [0.25, 0.3) is 0 Å². The zero-order valence-electron chi connectivity index (χ0n) is 33.1. The van der Waals surface area contributed by atoms with Crippen molar-refractivity contribution in [2.45, 2.75) is 187 Å². The van der Waals surface area contributed by atoms with E-state index in [9.17, 15) is 19.0 Å². The van der Waals surface area contributed by atoms with Crippen LogP contribution in [0, 0.1) is 0 Å². The van der Waals surface area contributed by atoms with Gasteiger partial charge in [0.2, 0.25) is 0 Å². The number of hydrogen-bond donors (Lipinski definition) is 0. The first-order valence-corrected chi connectivity index (χ1v) is 21.9. The Balaban J connectivity index is 4.40. The average Bonchev–Trinajstić information content (AvgIpc) is 3.06. The summed E-state index contributed by atoms with van der Waals surface area (Å²) in [6.07, 6.45) is 32.3. The van der Waals surface area contributed by atoms with E-state index < -0.39 is 26.5 Å². The minimum absolute atomic E-state index is 0.0296. The van der Waals surface area contributed by atoms with Crippen LogP contribution in [0.1, 0.15) is 181 Å². The standard InChI is InChI=1S/C40H78NO8P/c1-6-8-10-12-14-16-18-19-20-21-23-25-27-29-31-33-40(43)49-38(37-48-50(44,45)47-35-34-41(3,4)5)36-46-39(42)32-30-28-26-24-22-17-15-13-11-9-7-2/h19-20,38H,6-18,21-37H2,1-5H3/b20-19-. The lowest BCUT2D eigenvalue weighted by Crippen LogP contribution is -2.37. The fraction of sp³-hybridized carbons (Fsp3) is 0.900. The van der Waals surface area contributed by atoms with Crippen molar-refractivity contribution in [3.63, 3.8) is 0 Å².